The second-order valence-electron chi connectivity index (χ2n) is 5.05. The Kier molecular flexibility index (Phi) is 4.31. The molecule has 1 atom stereocenters. The molecule has 0 bridgehead atoms. The molecule has 3 rings (SSSR count). The third-order valence-corrected chi connectivity index (χ3v) is 4.65. The number of carbonyl (C=O) groups excluding carboxylic acids is 1. The van der Waals surface area contributed by atoms with Crippen molar-refractivity contribution in [2.24, 2.45) is 0 Å². The molecule has 1 aliphatic heterocycles. The normalized spacial score (nSPS) is 18.7. The molecule has 2 aromatic rings. The monoisotopic (exact) mass is 302 g/mol. The van der Waals surface area contributed by atoms with Crippen LogP contribution in [0.1, 0.15) is 23.0 Å². The molecule has 0 unspecified atom stereocenters. The topological polar surface area (TPSA) is 42.4 Å². The van der Waals surface area contributed by atoms with E-state index < -0.39 is 0 Å². The van der Waals surface area contributed by atoms with E-state index in [2.05, 4.69) is 11.9 Å². The molecular weight excluding hydrogens is 284 g/mol. The molecule has 2 heterocycles. The molecule has 0 N–H and O–H groups in total. The number of thiazole rings is 1. The Morgan fingerprint density at radius 2 is 2.24 bits per heavy atom. The van der Waals surface area contributed by atoms with Gasteiger partial charge in [0.15, 0.2) is 0 Å². The van der Waals surface area contributed by atoms with Crippen LogP contribution in [0.4, 0.5) is 0 Å². The number of morpholine rings is 1. The summed E-state index contributed by atoms with van der Waals surface area (Å²) in [4.78, 5) is 19.5. The number of carbonyl (C=O) groups is 1. The van der Waals surface area contributed by atoms with Crippen molar-refractivity contribution in [1.29, 1.82) is 0 Å². The first-order valence-electron chi connectivity index (χ1n) is 7.20. The smallest absolute Gasteiger partial charge is 0.265 e. The number of amides is 1. The van der Waals surface area contributed by atoms with Crippen LogP contribution in [0.3, 0.4) is 0 Å². The second-order valence-corrected chi connectivity index (χ2v) is 6.08. The minimum Gasteiger partial charge on any atom is -0.375 e. The van der Waals surface area contributed by atoms with Gasteiger partial charge in [-0.05, 0) is 6.42 Å². The first kappa shape index (κ1) is 14.2. The lowest BCUT2D eigenvalue weighted by atomic mass is 10.2. The average Bonchev–Trinajstić information content (AvgIpc) is 3.05. The molecule has 1 aromatic heterocycles. The third kappa shape index (κ3) is 3.14. The first-order valence-corrected chi connectivity index (χ1v) is 8.01. The van der Waals surface area contributed by atoms with E-state index in [1.54, 1.807) is 6.20 Å². The molecular formula is C16H18N2O2S. The number of rotatable bonds is 3. The molecule has 0 spiro atoms. The largest absolute Gasteiger partial charge is 0.375 e. The van der Waals surface area contributed by atoms with Gasteiger partial charge in [-0.3, -0.25) is 4.79 Å². The molecule has 4 nitrogen and oxygen atoms in total. The highest BCUT2D eigenvalue weighted by Crippen LogP contribution is 2.26. The number of aromatic nitrogens is 1. The average molecular weight is 302 g/mol. The first-order chi connectivity index (χ1) is 10.3. The zero-order valence-corrected chi connectivity index (χ0v) is 12.8. The van der Waals surface area contributed by atoms with Crippen LogP contribution in [-0.2, 0) is 4.74 Å². The van der Waals surface area contributed by atoms with Gasteiger partial charge >= 0.3 is 0 Å². The molecule has 5 heteroatoms. The summed E-state index contributed by atoms with van der Waals surface area (Å²) in [6, 6.07) is 9.95. The molecule has 21 heavy (non-hydrogen) atoms. The summed E-state index contributed by atoms with van der Waals surface area (Å²) < 4.78 is 5.61. The van der Waals surface area contributed by atoms with Gasteiger partial charge in [-0.25, -0.2) is 4.98 Å². The van der Waals surface area contributed by atoms with Crippen LogP contribution in [0.2, 0.25) is 0 Å². The van der Waals surface area contributed by atoms with E-state index in [0.29, 0.717) is 24.6 Å². The van der Waals surface area contributed by atoms with E-state index in [9.17, 15) is 4.79 Å². The van der Waals surface area contributed by atoms with Gasteiger partial charge in [0, 0.05) is 18.7 Å². The predicted octanol–water partition coefficient (Wildman–Crippen LogP) is 3.06. The minimum absolute atomic E-state index is 0.0661. The third-order valence-electron chi connectivity index (χ3n) is 3.62. The standard InChI is InChI=1S/C16H18N2O2S/c1-2-13-11-18(8-9-20-13)16(19)14-10-17-15(21-14)12-6-4-3-5-7-12/h3-7,10,13H,2,8-9,11H2,1H3/t13-/m1/s1. The van der Waals surface area contributed by atoms with Crippen LogP contribution in [0.15, 0.2) is 36.5 Å². The van der Waals surface area contributed by atoms with Crippen molar-refractivity contribution in [3.8, 4) is 10.6 Å². The number of nitrogens with zero attached hydrogens (tertiary/aromatic N) is 2. The van der Waals surface area contributed by atoms with Crippen LogP contribution in [0.25, 0.3) is 10.6 Å². The molecule has 110 valence electrons. The summed E-state index contributed by atoms with van der Waals surface area (Å²) in [6.07, 6.45) is 2.78. The predicted molar refractivity (Wildman–Crippen MR) is 83.5 cm³/mol. The van der Waals surface area contributed by atoms with Gasteiger partial charge in [0.25, 0.3) is 5.91 Å². The molecule has 1 amide bonds. The number of hydrogen-bond acceptors (Lipinski definition) is 4. The Labute approximate surface area is 128 Å². The lowest BCUT2D eigenvalue weighted by Crippen LogP contribution is -2.45. The van der Waals surface area contributed by atoms with Crippen molar-refractivity contribution in [1.82, 2.24) is 9.88 Å². The van der Waals surface area contributed by atoms with Crippen molar-refractivity contribution in [3.63, 3.8) is 0 Å². The van der Waals surface area contributed by atoms with Gasteiger partial charge in [-0.1, -0.05) is 37.3 Å². The van der Waals surface area contributed by atoms with Crippen LogP contribution < -0.4 is 0 Å². The molecule has 0 aliphatic carbocycles. The highest BCUT2D eigenvalue weighted by atomic mass is 32.1. The zero-order valence-electron chi connectivity index (χ0n) is 12.0. The number of benzene rings is 1. The minimum atomic E-state index is 0.0661. The molecule has 0 radical (unpaired) electrons. The fourth-order valence-electron chi connectivity index (χ4n) is 2.39. The maximum atomic E-state index is 12.5. The Morgan fingerprint density at radius 1 is 1.43 bits per heavy atom. The maximum Gasteiger partial charge on any atom is 0.265 e. The van der Waals surface area contributed by atoms with Crippen molar-refractivity contribution in [2.45, 2.75) is 19.4 Å². The molecule has 1 fully saturated rings. The highest BCUT2D eigenvalue weighted by molar-refractivity contribution is 7.16. The van der Waals surface area contributed by atoms with Crippen molar-refractivity contribution >= 4 is 17.2 Å². The quantitative estimate of drug-likeness (QED) is 0.875. The summed E-state index contributed by atoms with van der Waals surface area (Å²) in [5.74, 6) is 0.0661. The molecule has 1 aromatic carbocycles. The Morgan fingerprint density at radius 3 is 3.00 bits per heavy atom. The van der Waals surface area contributed by atoms with Gasteiger partial charge in [0.2, 0.25) is 0 Å². The van der Waals surface area contributed by atoms with Crippen LogP contribution >= 0.6 is 11.3 Å². The van der Waals surface area contributed by atoms with Gasteiger partial charge < -0.3 is 9.64 Å². The van der Waals surface area contributed by atoms with Gasteiger partial charge in [0.1, 0.15) is 9.88 Å². The van der Waals surface area contributed by atoms with E-state index in [1.165, 1.54) is 11.3 Å². The fraction of sp³-hybridized carbons (Fsp3) is 0.375. The summed E-state index contributed by atoms with van der Waals surface area (Å²) in [6.45, 7) is 4.04. The van der Waals surface area contributed by atoms with Gasteiger partial charge in [0.05, 0.1) is 18.9 Å². The van der Waals surface area contributed by atoms with E-state index >= 15 is 0 Å². The van der Waals surface area contributed by atoms with Crippen molar-refractivity contribution in [2.75, 3.05) is 19.7 Å². The van der Waals surface area contributed by atoms with Gasteiger partial charge in [-0.2, -0.15) is 0 Å². The fourth-order valence-corrected chi connectivity index (χ4v) is 3.28. The zero-order chi connectivity index (χ0) is 14.7. The van der Waals surface area contributed by atoms with Crippen molar-refractivity contribution in [3.05, 3.63) is 41.4 Å². The molecule has 1 aliphatic rings. The van der Waals surface area contributed by atoms with E-state index in [0.717, 1.165) is 17.0 Å². The van der Waals surface area contributed by atoms with Crippen molar-refractivity contribution < 1.29 is 9.53 Å². The Balaban J connectivity index is 1.75. The summed E-state index contributed by atoms with van der Waals surface area (Å²) >= 11 is 1.45. The second kappa shape index (κ2) is 6.37. The summed E-state index contributed by atoms with van der Waals surface area (Å²) in [5, 5.41) is 0.888. The molecule has 0 saturated carbocycles. The van der Waals surface area contributed by atoms with E-state index in [4.69, 9.17) is 4.74 Å². The summed E-state index contributed by atoms with van der Waals surface area (Å²) in [5.41, 5.74) is 1.05. The summed E-state index contributed by atoms with van der Waals surface area (Å²) in [7, 11) is 0. The lowest BCUT2D eigenvalue weighted by molar-refractivity contribution is -0.0224. The van der Waals surface area contributed by atoms with Crippen LogP contribution in [-0.4, -0.2) is 41.6 Å². The Hall–Kier alpha value is -1.72. The Bertz CT molecular complexity index is 612. The maximum absolute atomic E-state index is 12.5. The van der Waals surface area contributed by atoms with Crippen LogP contribution in [0.5, 0.6) is 0 Å². The molecule has 1 saturated heterocycles. The lowest BCUT2D eigenvalue weighted by Gasteiger charge is -2.32. The van der Waals surface area contributed by atoms with E-state index in [1.807, 2.05) is 35.2 Å². The SMILES string of the molecule is CC[C@@H]1CN(C(=O)c2cnc(-c3ccccc3)s2)CCO1. The number of ether oxygens (including phenoxy) is 1. The van der Waals surface area contributed by atoms with E-state index in [-0.39, 0.29) is 12.0 Å². The van der Waals surface area contributed by atoms with Crippen LogP contribution in [0, 0.1) is 0 Å². The van der Waals surface area contributed by atoms with Gasteiger partial charge in [-0.15, -0.1) is 11.3 Å². The highest BCUT2D eigenvalue weighted by Gasteiger charge is 2.25. The number of hydrogen-bond donors (Lipinski definition) is 0.